The van der Waals surface area contributed by atoms with E-state index in [0.29, 0.717) is 10.8 Å². The topological polar surface area (TPSA) is 44.0 Å². The van der Waals surface area contributed by atoms with Crippen LogP contribution in [0.3, 0.4) is 0 Å². The first-order chi connectivity index (χ1) is 9.78. The Hall–Kier alpha value is -1.46. The fraction of sp³-hybridized carbons (Fsp3) is 0.467. The largest absolute Gasteiger partial charge is 0.368 e. The SMILES string of the molecule is CCN1CCC[C@H]1CNc1nc(=S)[nH]c2ccccc12. The molecule has 1 aromatic heterocycles. The van der Waals surface area contributed by atoms with Crippen LogP contribution >= 0.6 is 12.2 Å². The fourth-order valence-corrected chi connectivity index (χ4v) is 3.20. The third kappa shape index (κ3) is 2.69. The maximum Gasteiger partial charge on any atom is 0.199 e. The summed E-state index contributed by atoms with van der Waals surface area (Å²) in [6, 6.07) is 8.75. The molecule has 0 bridgehead atoms. The Labute approximate surface area is 124 Å². The number of para-hydroxylation sites is 1. The molecule has 2 aromatic rings. The minimum atomic E-state index is 0.532. The number of nitrogens with one attached hydrogen (secondary N) is 2. The molecule has 5 heteroatoms. The van der Waals surface area contributed by atoms with Crippen molar-refractivity contribution in [3.8, 4) is 0 Å². The molecule has 0 saturated carbocycles. The number of benzene rings is 1. The van der Waals surface area contributed by atoms with Gasteiger partial charge in [-0.2, -0.15) is 0 Å². The molecule has 0 spiro atoms. The van der Waals surface area contributed by atoms with Gasteiger partial charge in [-0.1, -0.05) is 19.1 Å². The number of H-pyrrole nitrogens is 1. The van der Waals surface area contributed by atoms with E-state index < -0.39 is 0 Å². The molecule has 20 heavy (non-hydrogen) atoms. The highest BCUT2D eigenvalue weighted by molar-refractivity contribution is 7.71. The van der Waals surface area contributed by atoms with Crippen molar-refractivity contribution in [3.63, 3.8) is 0 Å². The van der Waals surface area contributed by atoms with Crippen molar-refractivity contribution < 1.29 is 0 Å². The molecular weight excluding hydrogens is 268 g/mol. The summed E-state index contributed by atoms with van der Waals surface area (Å²) in [6.45, 7) is 5.50. The summed E-state index contributed by atoms with van der Waals surface area (Å²) >= 11 is 5.20. The van der Waals surface area contributed by atoms with Crippen LogP contribution in [0.1, 0.15) is 19.8 Å². The van der Waals surface area contributed by atoms with Gasteiger partial charge in [0.1, 0.15) is 5.82 Å². The Morgan fingerprint density at radius 2 is 2.30 bits per heavy atom. The quantitative estimate of drug-likeness (QED) is 0.848. The molecule has 2 N–H and O–H groups in total. The maximum absolute atomic E-state index is 5.20. The molecule has 1 fully saturated rings. The van der Waals surface area contributed by atoms with Crippen molar-refractivity contribution >= 4 is 28.9 Å². The summed E-state index contributed by atoms with van der Waals surface area (Å²) < 4.78 is 0.532. The van der Waals surface area contributed by atoms with Crippen molar-refractivity contribution in [2.75, 3.05) is 25.0 Å². The number of rotatable bonds is 4. The van der Waals surface area contributed by atoms with Crippen molar-refractivity contribution in [2.24, 2.45) is 0 Å². The summed E-state index contributed by atoms with van der Waals surface area (Å²) in [5.41, 5.74) is 1.04. The summed E-state index contributed by atoms with van der Waals surface area (Å²) in [6.07, 6.45) is 2.56. The van der Waals surface area contributed by atoms with Gasteiger partial charge < -0.3 is 10.3 Å². The third-order valence-electron chi connectivity index (χ3n) is 4.05. The van der Waals surface area contributed by atoms with Crippen LogP contribution in [0.5, 0.6) is 0 Å². The molecule has 106 valence electrons. The van der Waals surface area contributed by atoms with Crippen molar-refractivity contribution in [2.45, 2.75) is 25.8 Å². The molecule has 3 rings (SSSR count). The van der Waals surface area contributed by atoms with Crippen LogP contribution in [0.25, 0.3) is 10.9 Å². The summed E-state index contributed by atoms with van der Waals surface area (Å²) in [4.78, 5) is 10.1. The van der Waals surface area contributed by atoms with Crippen LogP contribution in [0.15, 0.2) is 24.3 Å². The van der Waals surface area contributed by atoms with Gasteiger partial charge in [0.15, 0.2) is 4.77 Å². The average Bonchev–Trinajstić information content (AvgIpc) is 2.92. The van der Waals surface area contributed by atoms with Gasteiger partial charge in [-0.05, 0) is 50.3 Å². The second-order valence-electron chi connectivity index (χ2n) is 5.24. The molecule has 1 aliphatic heterocycles. The zero-order valence-electron chi connectivity index (χ0n) is 11.7. The summed E-state index contributed by atoms with van der Waals surface area (Å²) in [5.74, 6) is 0.896. The first-order valence-electron chi connectivity index (χ1n) is 7.25. The van der Waals surface area contributed by atoms with E-state index in [1.807, 2.05) is 18.2 Å². The fourth-order valence-electron chi connectivity index (χ4n) is 3.00. The first kappa shape index (κ1) is 13.5. The predicted molar refractivity (Wildman–Crippen MR) is 85.7 cm³/mol. The Morgan fingerprint density at radius 3 is 3.15 bits per heavy atom. The van der Waals surface area contributed by atoms with Crippen LogP contribution in [-0.2, 0) is 0 Å². The molecule has 1 saturated heterocycles. The number of likely N-dealkylation sites (tertiary alicyclic amines) is 1. The van der Waals surface area contributed by atoms with Crippen LogP contribution in [0, 0.1) is 4.77 Å². The van der Waals surface area contributed by atoms with Gasteiger partial charge >= 0.3 is 0 Å². The number of hydrogen-bond donors (Lipinski definition) is 2. The lowest BCUT2D eigenvalue weighted by molar-refractivity contribution is 0.277. The van der Waals surface area contributed by atoms with E-state index in [-0.39, 0.29) is 0 Å². The van der Waals surface area contributed by atoms with Gasteiger partial charge in [-0.25, -0.2) is 4.98 Å². The van der Waals surface area contributed by atoms with Gasteiger partial charge in [0, 0.05) is 18.0 Å². The van der Waals surface area contributed by atoms with Gasteiger partial charge in [-0.3, -0.25) is 4.90 Å². The van der Waals surface area contributed by atoms with Crippen molar-refractivity contribution in [3.05, 3.63) is 29.0 Å². The number of nitrogens with zero attached hydrogens (tertiary/aromatic N) is 2. The van der Waals surface area contributed by atoms with E-state index in [0.717, 1.165) is 29.8 Å². The Balaban J connectivity index is 1.82. The lowest BCUT2D eigenvalue weighted by Crippen LogP contribution is -2.34. The summed E-state index contributed by atoms with van der Waals surface area (Å²) in [5, 5.41) is 4.59. The summed E-state index contributed by atoms with van der Waals surface area (Å²) in [7, 11) is 0. The van der Waals surface area contributed by atoms with Gasteiger partial charge in [0.2, 0.25) is 0 Å². The molecule has 4 nitrogen and oxygen atoms in total. The maximum atomic E-state index is 5.20. The van der Waals surface area contributed by atoms with E-state index in [2.05, 4.69) is 33.2 Å². The normalized spacial score (nSPS) is 19.6. The number of anilines is 1. The lowest BCUT2D eigenvalue weighted by Gasteiger charge is -2.23. The standard InChI is InChI=1S/C15H20N4S/c1-2-19-9-5-6-11(19)10-16-14-12-7-3-4-8-13(12)17-15(20)18-14/h3-4,7-8,11H,2,5-6,9-10H2,1H3,(H2,16,17,18,20)/t11-/m0/s1. The third-order valence-corrected chi connectivity index (χ3v) is 4.24. The first-order valence-corrected chi connectivity index (χ1v) is 7.65. The predicted octanol–water partition coefficient (Wildman–Crippen LogP) is 3.19. The van der Waals surface area contributed by atoms with E-state index in [1.54, 1.807) is 0 Å². The number of aromatic nitrogens is 2. The second kappa shape index (κ2) is 5.89. The molecule has 0 radical (unpaired) electrons. The van der Waals surface area contributed by atoms with E-state index >= 15 is 0 Å². The minimum absolute atomic E-state index is 0.532. The van der Waals surface area contributed by atoms with Crippen LogP contribution in [-0.4, -0.2) is 40.5 Å². The highest BCUT2D eigenvalue weighted by Crippen LogP contribution is 2.21. The van der Waals surface area contributed by atoms with E-state index in [4.69, 9.17) is 12.2 Å². The van der Waals surface area contributed by atoms with Crippen LogP contribution in [0.4, 0.5) is 5.82 Å². The van der Waals surface area contributed by atoms with Gasteiger partial charge in [0.05, 0.1) is 5.52 Å². The second-order valence-corrected chi connectivity index (χ2v) is 5.63. The molecule has 1 aliphatic rings. The number of hydrogen-bond acceptors (Lipinski definition) is 4. The molecular formula is C15H20N4S. The molecule has 2 heterocycles. The zero-order valence-corrected chi connectivity index (χ0v) is 12.5. The van der Waals surface area contributed by atoms with Crippen LogP contribution in [0.2, 0.25) is 0 Å². The van der Waals surface area contributed by atoms with Gasteiger partial charge in [-0.15, -0.1) is 0 Å². The molecule has 1 atom stereocenters. The minimum Gasteiger partial charge on any atom is -0.368 e. The highest BCUT2D eigenvalue weighted by atomic mass is 32.1. The molecule has 1 aromatic carbocycles. The molecule has 0 unspecified atom stereocenters. The number of likely N-dealkylation sites (N-methyl/N-ethyl adjacent to an activating group) is 1. The average molecular weight is 288 g/mol. The lowest BCUT2D eigenvalue weighted by atomic mass is 10.2. The smallest absolute Gasteiger partial charge is 0.199 e. The Kier molecular flexibility index (Phi) is 3.98. The van der Waals surface area contributed by atoms with Gasteiger partial charge in [0.25, 0.3) is 0 Å². The number of fused-ring (bicyclic) bond motifs is 1. The van der Waals surface area contributed by atoms with E-state index in [9.17, 15) is 0 Å². The van der Waals surface area contributed by atoms with E-state index in [1.165, 1.54) is 19.4 Å². The molecule has 0 amide bonds. The Bertz CT molecular complexity index is 652. The van der Waals surface area contributed by atoms with Crippen molar-refractivity contribution in [1.29, 1.82) is 0 Å². The monoisotopic (exact) mass is 288 g/mol. The highest BCUT2D eigenvalue weighted by Gasteiger charge is 2.22. The zero-order chi connectivity index (χ0) is 13.9. The van der Waals surface area contributed by atoms with Crippen molar-refractivity contribution in [1.82, 2.24) is 14.9 Å². The molecule has 0 aliphatic carbocycles. The Morgan fingerprint density at radius 1 is 1.45 bits per heavy atom. The number of aromatic amines is 1. The van der Waals surface area contributed by atoms with Crippen LogP contribution < -0.4 is 5.32 Å².